The summed E-state index contributed by atoms with van der Waals surface area (Å²) in [5.41, 5.74) is 1.91. The fraction of sp³-hybridized carbons (Fsp3) is 0.105. The minimum Gasteiger partial charge on any atom is -0.486 e. The van der Waals surface area contributed by atoms with Crippen LogP contribution in [0.15, 0.2) is 65.1 Å². The topological polar surface area (TPSA) is 51.5 Å². The van der Waals surface area contributed by atoms with Crippen molar-refractivity contribution in [2.75, 3.05) is 5.32 Å². The van der Waals surface area contributed by atoms with E-state index in [1.54, 1.807) is 12.1 Å². The lowest BCUT2D eigenvalue weighted by atomic mass is 10.2. The van der Waals surface area contributed by atoms with Crippen LogP contribution < -0.4 is 10.1 Å². The molecule has 24 heavy (non-hydrogen) atoms. The highest BCUT2D eigenvalue weighted by Gasteiger charge is 2.12. The van der Waals surface area contributed by atoms with Gasteiger partial charge in [0, 0.05) is 9.26 Å². The van der Waals surface area contributed by atoms with E-state index in [0.29, 0.717) is 5.76 Å². The van der Waals surface area contributed by atoms with Gasteiger partial charge in [0.05, 0.1) is 0 Å². The standard InChI is InChI=1S/C19H16INO3/c1-13-2-8-16(9-3-13)23-12-17-10-11-18(24-17)19(22)21-15-6-4-14(20)5-7-15/h2-11H,12H2,1H3,(H,21,22). The number of furan rings is 1. The summed E-state index contributed by atoms with van der Waals surface area (Å²) in [5, 5.41) is 2.80. The fourth-order valence-corrected chi connectivity index (χ4v) is 2.45. The second-order valence-corrected chi connectivity index (χ2v) is 6.57. The van der Waals surface area contributed by atoms with Gasteiger partial charge in [-0.2, -0.15) is 0 Å². The molecule has 0 unspecified atom stereocenters. The molecule has 0 aliphatic carbocycles. The number of hydrogen-bond acceptors (Lipinski definition) is 3. The largest absolute Gasteiger partial charge is 0.486 e. The Morgan fingerprint density at radius 3 is 2.46 bits per heavy atom. The lowest BCUT2D eigenvalue weighted by Gasteiger charge is -2.05. The third-order valence-electron chi connectivity index (χ3n) is 3.39. The van der Waals surface area contributed by atoms with Crippen molar-refractivity contribution in [1.29, 1.82) is 0 Å². The molecule has 1 aromatic heterocycles. The van der Waals surface area contributed by atoms with Crippen LogP contribution in [0.3, 0.4) is 0 Å². The molecule has 1 heterocycles. The van der Waals surface area contributed by atoms with E-state index in [9.17, 15) is 4.79 Å². The Morgan fingerprint density at radius 1 is 1.04 bits per heavy atom. The van der Waals surface area contributed by atoms with Gasteiger partial charge < -0.3 is 14.5 Å². The van der Waals surface area contributed by atoms with Crippen molar-refractivity contribution in [2.45, 2.75) is 13.5 Å². The number of amides is 1. The maximum atomic E-state index is 12.2. The Labute approximate surface area is 154 Å². The highest BCUT2D eigenvalue weighted by Crippen LogP contribution is 2.17. The number of aryl methyl sites for hydroxylation is 1. The molecule has 2 aromatic carbocycles. The van der Waals surface area contributed by atoms with Gasteiger partial charge in [-0.05, 0) is 78.0 Å². The van der Waals surface area contributed by atoms with Gasteiger partial charge in [0.1, 0.15) is 18.1 Å². The van der Waals surface area contributed by atoms with Crippen LogP contribution in [-0.4, -0.2) is 5.91 Å². The summed E-state index contributed by atoms with van der Waals surface area (Å²) >= 11 is 2.22. The summed E-state index contributed by atoms with van der Waals surface area (Å²) in [6, 6.07) is 18.7. The van der Waals surface area contributed by atoms with Crippen LogP contribution in [-0.2, 0) is 6.61 Å². The van der Waals surface area contributed by atoms with E-state index in [-0.39, 0.29) is 18.3 Å². The molecular weight excluding hydrogens is 417 g/mol. The van der Waals surface area contributed by atoms with Crippen molar-refractivity contribution in [3.63, 3.8) is 0 Å². The third-order valence-corrected chi connectivity index (χ3v) is 4.11. The Balaban J connectivity index is 1.59. The first-order chi connectivity index (χ1) is 11.6. The van der Waals surface area contributed by atoms with Crippen LogP contribution in [0.25, 0.3) is 0 Å². The van der Waals surface area contributed by atoms with Gasteiger partial charge in [0.2, 0.25) is 0 Å². The first-order valence-corrected chi connectivity index (χ1v) is 8.53. The summed E-state index contributed by atoms with van der Waals surface area (Å²) in [4.78, 5) is 12.2. The zero-order valence-corrected chi connectivity index (χ0v) is 15.2. The number of carbonyl (C=O) groups excluding carboxylic acids is 1. The second kappa shape index (κ2) is 7.53. The van der Waals surface area contributed by atoms with Gasteiger partial charge in [-0.1, -0.05) is 17.7 Å². The summed E-state index contributed by atoms with van der Waals surface area (Å²) in [5.74, 6) is 1.35. The van der Waals surface area contributed by atoms with E-state index in [1.807, 2.05) is 55.5 Å². The maximum absolute atomic E-state index is 12.2. The van der Waals surface area contributed by atoms with Crippen molar-refractivity contribution in [1.82, 2.24) is 0 Å². The summed E-state index contributed by atoms with van der Waals surface area (Å²) in [7, 11) is 0. The van der Waals surface area contributed by atoms with Crippen LogP contribution in [0.4, 0.5) is 5.69 Å². The zero-order chi connectivity index (χ0) is 16.9. The average Bonchev–Trinajstić information content (AvgIpc) is 3.06. The molecule has 122 valence electrons. The minimum atomic E-state index is -0.280. The van der Waals surface area contributed by atoms with Gasteiger partial charge in [-0.25, -0.2) is 0 Å². The van der Waals surface area contributed by atoms with Crippen LogP contribution in [0, 0.1) is 10.5 Å². The SMILES string of the molecule is Cc1ccc(OCc2ccc(C(=O)Nc3ccc(I)cc3)o2)cc1. The Bertz CT molecular complexity index is 823. The lowest BCUT2D eigenvalue weighted by Crippen LogP contribution is -2.10. The van der Waals surface area contributed by atoms with Crippen molar-refractivity contribution in [3.05, 3.63) is 81.3 Å². The molecule has 0 bridgehead atoms. The lowest BCUT2D eigenvalue weighted by molar-refractivity contribution is 0.0992. The number of ether oxygens (including phenoxy) is 1. The molecule has 5 heteroatoms. The molecule has 0 saturated heterocycles. The van der Waals surface area contributed by atoms with Crippen molar-refractivity contribution in [3.8, 4) is 5.75 Å². The zero-order valence-electron chi connectivity index (χ0n) is 13.1. The molecule has 0 spiro atoms. The molecule has 0 aliphatic rings. The number of carbonyl (C=O) groups is 1. The molecule has 0 radical (unpaired) electrons. The first kappa shape index (κ1) is 16.6. The molecule has 0 saturated carbocycles. The molecule has 0 aliphatic heterocycles. The molecule has 1 N–H and O–H groups in total. The minimum absolute atomic E-state index is 0.260. The second-order valence-electron chi connectivity index (χ2n) is 5.33. The normalized spacial score (nSPS) is 10.4. The van der Waals surface area contributed by atoms with E-state index in [1.165, 1.54) is 5.56 Å². The van der Waals surface area contributed by atoms with Crippen molar-refractivity contribution in [2.24, 2.45) is 0 Å². The number of anilines is 1. The Kier molecular flexibility index (Phi) is 5.20. The molecule has 3 rings (SSSR count). The summed E-state index contributed by atoms with van der Waals surface area (Å²) < 4.78 is 12.3. The number of hydrogen-bond donors (Lipinski definition) is 1. The number of rotatable bonds is 5. The maximum Gasteiger partial charge on any atom is 0.291 e. The molecular formula is C19H16INO3. The van der Waals surface area contributed by atoms with Gasteiger partial charge in [0.15, 0.2) is 5.76 Å². The molecule has 0 atom stereocenters. The molecule has 4 nitrogen and oxygen atoms in total. The molecule has 1 amide bonds. The van der Waals surface area contributed by atoms with E-state index < -0.39 is 0 Å². The van der Waals surface area contributed by atoms with Crippen LogP contribution >= 0.6 is 22.6 Å². The van der Waals surface area contributed by atoms with Crippen LogP contribution in [0.5, 0.6) is 5.75 Å². The van der Waals surface area contributed by atoms with E-state index >= 15 is 0 Å². The number of halogens is 1. The Morgan fingerprint density at radius 2 is 1.75 bits per heavy atom. The van der Waals surface area contributed by atoms with E-state index in [2.05, 4.69) is 27.9 Å². The monoisotopic (exact) mass is 433 g/mol. The van der Waals surface area contributed by atoms with E-state index in [0.717, 1.165) is 15.0 Å². The van der Waals surface area contributed by atoms with Crippen LogP contribution in [0.1, 0.15) is 21.9 Å². The first-order valence-electron chi connectivity index (χ1n) is 7.45. The highest BCUT2D eigenvalue weighted by molar-refractivity contribution is 14.1. The van der Waals surface area contributed by atoms with Crippen molar-refractivity contribution >= 4 is 34.2 Å². The van der Waals surface area contributed by atoms with Gasteiger partial charge in [0.25, 0.3) is 5.91 Å². The smallest absolute Gasteiger partial charge is 0.291 e. The predicted octanol–water partition coefficient (Wildman–Crippen LogP) is 5.02. The fourth-order valence-electron chi connectivity index (χ4n) is 2.09. The van der Waals surface area contributed by atoms with E-state index in [4.69, 9.17) is 9.15 Å². The summed E-state index contributed by atoms with van der Waals surface area (Å²) in [6.07, 6.45) is 0. The molecule has 3 aromatic rings. The van der Waals surface area contributed by atoms with Crippen LogP contribution in [0.2, 0.25) is 0 Å². The van der Waals surface area contributed by atoms with Crippen molar-refractivity contribution < 1.29 is 13.9 Å². The number of nitrogens with one attached hydrogen (secondary N) is 1. The number of benzene rings is 2. The predicted molar refractivity (Wildman–Crippen MR) is 101 cm³/mol. The average molecular weight is 433 g/mol. The molecule has 0 fully saturated rings. The Hall–Kier alpha value is -2.28. The highest BCUT2D eigenvalue weighted by atomic mass is 127. The van der Waals surface area contributed by atoms with Gasteiger partial charge in [-0.15, -0.1) is 0 Å². The quantitative estimate of drug-likeness (QED) is 0.575. The summed E-state index contributed by atoms with van der Waals surface area (Å²) in [6.45, 7) is 2.30. The van der Waals surface area contributed by atoms with Gasteiger partial charge in [-0.3, -0.25) is 4.79 Å². The van der Waals surface area contributed by atoms with Gasteiger partial charge >= 0.3 is 0 Å². The third kappa shape index (κ3) is 4.38.